The number of nitrogens with zero attached hydrogens (tertiary/aromatic N) is 1. The predicted molar refractivity (Wildman–Crippen MR) is 85.1 cm³/mol. The lowest BCUT2D eigenvalue weighted by Gasteiger charge is -2.23. The van der Waals surface area contributed by atoms with E-state index in [-0.39, 0.29) is 5.41 Å². The third-order valence-electron chi connectivity index (χ3n) is 4.24. The molecule has 1 aliphatic carbocycles. The Morgan fingerprint density at radius 1 is 0.900 bits per heavy atom. The van der Waals surface area contributed by atoms with Crippen LogP contribution in [0, 0.1) is 0 Å². The van der Waals surface area contributed by atoms with E-state index in [4.69, 9.17) is 0 Å². The van der Waals surface area contributed by atoms with Gasteiger partial charge in [0.2, 0.25) is 0 Å². The van der Waals surface area contributed by atoms with E-state index in [2.05, 4.69) is 61.3 Å². The predicted octanol–water partition coefficient (Wildman–Crippen LogP) is 5.12. The van der Waals surface area contributed by atoms with Crippen LogP contribution in [-0.4, -0.2) is 4.98 Å². The second kappa shape index (κ2) is 4.03. The van der Waals surface area contributed by atoms with Crippen molar-refractivity contribution in [2.75, 3.05) is 0 Å². The average Bonchev–Trinajstić information content (AvgIpc) is 3.07. The number of hydrogen-bond donors (Lipinski definition) is 0. The fourth-order valence-corrected chi connectivity index (χ4v) is 4.05. The van der Waals surface area contributed by atoms with Crippen LogP contribution in [0.1, 0.15) is 25.0 Å². The maximum Gasteiger partial charge on any atom is 0.123 e. The lowest BCUT2D eigenvalue weighted by Crippen LogP contribution is -2.16. The molecule has 0 bridgehead atoms. The van der Waals surface area contributed by atoms with Crippen LogP contribution in [-0.2, 0) is 5.41 Å². The summed E-state index contributed by atoms with van der Waals surface area (Å²) in [6.07, 6.45) is 1.88. The quantitative estimate of drug-likeness (QED) is 0.602. The summed E-state index contributed by atoms with van der Waals surface area (Å²) in [7, 11) is 0. The molecule has 2 aromatic carbocycles. The van der Waals surface area contributed by atoms with Gasteiger partial charge in [-0.3, -0.25) is 0 Å². The number of rotatable bonds is 1. The molecule has 0 amide bonds. The van der Waals surface area contributed by atoms with Gasteiger partial charge in [-0.2, -0.15) is 0 Å². The Labute approximate surface area is 122 Å². The molecule has 20 heavy (non-hydrogen) atoms. The fourth-order valence-electron chi connectivity index (χ4n) is 3.38. The van der Waals surface area contributed by atoms with Gasteiger partial charge in [-0.05, 0) is 22.3 Å². The fraction of sp³-hybridized carbons (Fsp3) is 0.167. The molecule has 0 N–H and O–H groups in total. The summed E-state index contributed by atoms with van der Waals surface area (Å²) in [6.45, 7) is 4.63. The Kier molecular flexibility index (Phi) is 2.39. The molecule has 0 unspecified atom stereocenters. The third kappa shape index (κ3) is 1.46. The first-order valence-corrected chi connectivity index (χ1v) is 7.71. The summed E-state index contributed by atoms with van der Waals surface area (Å²) in [5.41, 5.74) is 6.87. The van der Waals surface area contributed by atoms with Gasteiger partial charge in [0.25, 0.3) is 0 Å². The molecule has 0 saturated carbocycles. The molecule has 2 heteroatoms. The molecule has 1 aliphatic rings. The molecule has 1 aromatic heterocycles. The number of thiazole rings is 1. The molecule has 98 valence electrons. The van der Waals surface area contributed by atoms with Gasteiger partial charge >= 0.3 is 0 Å². The first kappa shape index (κ1) is 11.9. The second-order valence-electron chi connectivity index (χ2n) is 5.74. The summed E-state index contributed by atoms with van der Waals surface area (Å²) in [5, 5.41) is 3.16. The van der Waals surface area contributed by atoms with E-state index in [9.17, 15) is 0 Å². The van der Waals surface area contributed by atoms with Crippen molar-refractivity contribution in [3.8, 4) is 21.7 Å². The van der Waals surface area contributed by atoms with Crippen LogP contribution in [0.3, 0.4) is 0 Å². The van der Waals surface area contributed by atoms with Crippen molar-refractivity contribution in [3.63, 3.8) is 0 Å². The lowest BCUT2D eigenvalue weighted by atomic mass is 9.80. The molecule has 0 aliphatic heterocycles. The molecule has 1 nitrogen and oxygen atoms in total. The number of aromatic nitrogens is 1. The van der Waals surface area contributed by atoms with Crippen LogP contribution in [0.5, 0.6) is 0 Å². The van der Waals surface area contributed by atoms with E-state index in [1.807, 2.05) is 11.6 Å². The average molecular weight is 277 g/mol. The molecular formula is C18H15NS. The van der Waals surface area contributed by atoms with Crippen molar-refractivity contribution in [2.45, 2.75) is 19.3 Å². The topological polar surface area (TPSA) is 12.9 Å². The van der Waals surface area contributed by atoms with E-state index < -0.39 is 0 Å². The highest BCUT2D eigenvalue weighted by atomic mass is 32.1. The molecule has 0 fully saturated rings. The van der Waals surface area contributed by atoms with Gasteiger partial charge in [-0.1, -0.05) is 56.3 Å². The van der Waals surface area contributed by atoms with Crippen molar-refractivity contribution in [1.82, 2.24) is 4.98 Å². The van der Waals surface area contributed by atoms with Crippen LogP contribution in [0.2, 0.25) is 0 Å². The SMILES string of the molecule is CC1(C)c2ccccc2-c2cccc(-c3nccs3)c21. The maximum atomic E-state index is 4.51. The molecule has 1 heterocycles. The van der Waals surface area contributed by atoms with Gasteiger partial charge in [0.05, 0.1) is 0 Å². The molecule has 0 atom stereocenters. The summed E-state index contributed by atoms with van der Waals surface area (Å²) in [5.74, 6) is 0. The monoisotopic (exact) mass is 277 g/mol. The number of fused-ring (bicyclic) bond motifs is 3. The van der Waals surface area contributed by atoms with Gasteiger partial charge < -0.3 is 0 Å². The van der Waals surface area contributed by atoms with Gasteiger partial charge in [-0.25, -0.2) is 4.98 Å². The highest BCUT2D eigenvalue weighted by Gasteiger charge is 2.37. The zero-order chi connectivity index (χ0) is 13.7. The van der Waals surface area contributed by atoms with Crippen LogP contribution >= 0.6 is 11.3 Å². The molecule has 3 aromatic rings. The zero-order valence-electron chi connectivity index (χ0n) is 11.6. The Hall–Kier alpha value is -1.93. The largest absolute Gasteiger partial charge is 0.245 e. The minimum Gasteiger partial charge on any atom is -0.245 e. The van der Waals surface area contributed by atoms with Crippen molar-refractivity contribution in [2.24, 2.45) is 0 Å². The van der Waals surface area contributed by atoms with Crippen LogP contribution in [0.4, 0.5) is 0 Å². The number of benzene rings is 2. The van der Waals surface area contributed by atoms with Gasteiger partial charge in [0, 0.05) is 22.6 Å². The Morgan fingerprint density at radius 3 is 2.45 bits per heavy atom. The Balaban J connectivity index is 2.08. The van der Waals surface area contributed by atoms with Crippen molar-refractivity contribution in [1.29, 1.82) is 0 Å². The maximum absolute atomic E-state index is 4.51. The van der Waals surface area contributed by atoms with Gasteiger partial charge in [0.15, 0.2) is 0 Å². The highest BCUT2D eigenvalue weighted by Crippen LogP contribution is 2.51. The summed E-state index contributed by atoms with van der Waals surface area (Å²) >= 11 is 1.71. The van der Waals surface area contributed by atoms with Crippen molar-refractivity contribution < 1.29 is 0 Å². The summed E-state index contributed by atoms with van der Waals surface area (Å²) in [6, 6.07) is 15.3. The third-order valence-corrected chi connectivity index (χ3v) is 5.05. The van der Waals surface area contributed by atoms with Gasteiger partial charge in [0.1, 0.15) is 5.01 Å². The second-order valence-corrected chi connectivity index (χ2v) is 6.63. The van der Waals surface area contributed by atoms with Crippen LogP contribution < -0.4 is 0 Å². The van der Waals surface area contributed by atoms with E-state index in [0.29, 0.717) is 0 Å². The van der Waals surface area contributed by atoms with E-state index >= 15 is 0 Å². The smallest absolute Gasteiger partial charge is 0.123 e. The summed E-state index contributed by atoms with van der Waals surface area (Å²) < 4.78 is 0. The minimum absolute atomic E-state index is 0.0359. The molecule has 0 spiro atoms. The molecule has 0 radical (unpaired) electrons. The van der Waals surface area contributed by atoms with E-state index in [1.54, 1.807) is 11.3 Å². The Morgan fingerprint density at radius 2 is 1.65 bits per heavy atom. The zero-order valence-corrected chi connectivity index (χ0v) is 12.4. The highest BCUT2D eigenvalue weighted by molar-refractivity contribution is 7.13. The molecule has 4 rings (SSSR count). The minimum atomic E-state index is 0.0359. The molecule has 0 saturated heterocycles. The number of hydrogen-bond acceptors (Lipinski definition) is 2. The van der Waals surface area contributed by atoms with Crippen molar-refractivity contribution >= 4 is 11.3 Å². The summed E-state index contributed by atoms with van der Waals surface area (Å²) in [4.78, 5) is 4.51. The standard InChI is InChI=1S/C18H15NS/c1-18(2)15-9-4-3-6-12(15)13-7-5-8-14(16(13)18)17-19-10-11-20-17/h3-11H,1-2H3. The van der Waals surface area contributed by atoms with Crippen molar-refractivity contribution in [3.05, 3.63) is 65.2 Å². The van der Waals surface area contributed by atoms with Gasteiger partial charge in [-0.15, -0.1) is 11.3 Å². The first-order chi connectivity index (χ1) is 9.69. The van der Waals surface area contributed by atoms with E-state index in [1.165, 1.54) is 27.8 Å². The Bertz CT molecular complexity index is 785. The molecular weight excluding hydrogens is 262 g/mol. The lowest BCUT2D eigenvalue weighted by molar-refractivity contribution is 0.662. The first-order valence-electron chi connectivity index (χ1n) is 6.83. The van der Waals surface area contributed by atoms with E-state index in [0.717, 1.165) is 5.01 Å². The van der Waals surface area contributed by atoms with Crippen LogP contribution in [0.15, 0.2) is 54.0 Å². The normalized spacial score (nSPS) is 14.9. The van der Waals surface area contributed by atoms with Crippen LogP contribution in [0.25, 0.3) is 21.7 Å².